The number of nitrogens with one attached hydrogen (secondary N) is 1. The van der Waals surface area contributed by atoms with Gasteiger partial charge in [-0.15, -0.1) is 11.3 Å². The fourth-order valence-corrected chi connectivity index (χ4v) is 8.69. The van der Waals surface area contributed by atoms with E-state index in [9.17, 15) is 19.5 Å². The van der Waals surface area contributed by atoms with Crippen LogP contribution < -0.4 is 10.2 Å². The second-order valence-electron chi connectivity index (χ2n) is 16.4. The summed E-state index contributed by atoms with van der Waals surface area (Å²) in [5.74, 6) is -0.356. The summed E-state index contributed by atoms with van der Waals surface area (Å²) >= 11 is 1.46. The predicted molar refractivity (Wildman–Crippen MR) is 213 cm³/mol. The molecule has 0 bridgehead atoms. The van der Waals surface area contributed by atoms with E-state index in [1.807, 2.05) is 48.8 Å². The molecule has 11 nitrogen and oxygen atoms in total. The molecule has 3 aromatic rings. The molecule has 5 heterocycles. The summed E-state index contributed by atoms with van der Waals surface area (Å²) in [6.45, 7) is 13.7. The third-order valence-corrected chi connectivity index (χ3v) is 12.8. The molecule has 6 rings (SSSR count). The Kier molecular flexibility index (Phi) is 13.4. The van der Waals surface area contributed by atoms with Gasteiger partial charge in [0, 0.05) is 68.3 Å². The van der Waals surface area contributed by atoms with Gasteiger partial charge < -0.3 is 25.0 Å². The number of aliphatic carboxylic acids is 1. The molecule has 3 aliphatic heterocycles. The smallest absolute Gasteiger partial charge is 0.310 e. The van der Waals surface area contributed by atoms with E-state index in [1.54, 1.807) is 4.90 Å². The van der Waals surface area contributed by atoms with Crippen molar-refractivity contribution in [2.75, 3.05) is 51.0 Å². The molecule has 0 saturated carbocycles. The predicted octanol–water partition coefficient (Wildman–Crippen LogP) is 6.62. The van der Waals surface area contributed by atoms with Crippen molar-refractivity contribution < 1.29 is 24.2 Å². The Morgan fingerprint density at radius 1 is 0.981 bits per heavy atom. The number of benzene rings is 1. The number of unbranched alkanes of at least 4 members (excludes halogenated alkanes) is 1. The molecule has 12 heteroatoms. The molecule has 1 aromatic carbocycles. The van der Waals surface area contributed by atoms with Crippen molar-refractivity contribution in [3.63, 3.8) is 0 Å². The van der Waals surface area contributed by atoms with Crippen LogP contribution in [0.1, 0.15) is 99.2 Å². The average molecular weight is 759 g/mol. The molecule has 2 amide bonds. The molecule has 1 unspecified atom stereocenters. The number of thiophene rings is 1. The van der Waals surface area contributed by atoms with Crippen LogP contribution in [0, 0.1) is 11.8 Å². The van der Waals surface area contributed by atoms with Crippen molar-refractivity contribution in [2.45, 2.75) is 103 Å². The Labute approximate surface area is 324 Å². The lowest BCUT2D eigenvalue weighted by Gasteiger charge is -2.40. The number of aromatic nitrogens is 2. The number of hydrogen-bond acceptors (Lipinski definition) is 9. The van der Waals surface area contributed by atoms with Crippen molar-refractivity contribution in [2.24, 2.45) is 11.8 Å². The number of carbonyl (C=O) groups is 3. The number of carboxylic acids is 1. The van der Waals surface area contributed by atoms with Gasteiger partial charge in [-0.2, -0.15) is 0 Å². The quantitative estimate of drug-likeness (QED) is 0.198. The summed E-state index contributed by atoms with van der Waals surface area (Å²) in [7, 11) is 0. The Morgan fingerprint density at radius 3 is 2.35 bits per heavy atom. The minimum atomic E-state index is -0.889. The maximum atomic E-state index is 13.4. The van der Waals surface area contributed by atoms with Gasteiger partial charge in [-0.25, -0.2) is 9.97 Å². The molecular formula is C42H58N6O5S. The van der Waals surface area contributed by atoms with Gasteiger partial charge >= 0.3 is 5.97 Å². The number of hydrogen-bond donors (Lipinski definition) is 2. The molecule has 2 aromatic heterocycles. The second-order valence-corrected chi connectivity index (χ2v) is 17.5. The number of carboxylic acid groups (broad SMARTS) is 1. The van der Waals surface area contributed by atoms with Crippen molar-refractivity contribution >= 4 is 34.8 Å². The number of likely N-dealkylation sites (tertiary alicyclic amines) is 1. The Bertz CT molecular complexity index is 1690. The molecule has 54 heavy (non-hydrogen) atoms. The largest absolute Gasteiger partial charge is 0.481 e. The second kappa shape index (κ2) is 18.2. The molecule has 0 spiro atoms. The highest BCUT2D eigenvalue weighted by Crippen LogP contribution is 2.30. The van der Waals surface area contributed by atoms with Gasteiger partial charge in [-0.05, 0) is 61.1 Å². The highest BCUT2D eigenvalue weighted by molar-refractivity contribution is 7.14. The van der Waals surface area contributed by atoms with E-state index in [0.717, 1.165) is 73.4 Å². The molecule has 0 radical (unpaired) electrons. The highest BCUT2D eigenvalue weighted by Gasteiger charge is 2.36. The Hall–Kier alpha value is -3.87. The van der Waals surface area contributed by atoms with Crippen molar-refractivity contribution in [3.05, 3.63) is 64.1 Å². The molecule has 3 saturated heterocycles. The van der Waals surface area contributed by atoms with Crippen molar-refractivity contribution in [1.82, 2.24) is 25.1 Å². The van der Waals surface area contributed by atoms with Crippen LogP contribution in [0.15, 0.2) is 48.8 Å². The van der Waals surface area contributed by atoms with Crippen LogP contribution in [0.25, 0.3) is 11.4 Å². The van der Waals surface area contributed by atoms with Gasteiger partial charge in [-0.3, -0.25) is 19.3 Å². The zero-order chi connectivity index (χ0) is 38.2. The highest BCUT2D eigenvalue weighted by atomic mass is 32.1. The zero-order valence-electron chi connectivity index (χ0n) is 32.5. The van der Waals surface area contributed by atoms with E-state index in [-0.39, 0.29) is 36.7 Å². The van der Waals surface area contributed by atoms with Gasteiger partial charge in [0.1, 0.15) is 0 Å². The summed E-state index contributed by atoms with van der Waals surface area (Å²) in [4.78, 5) is 55.5. The van der Waals surface area contributed by atoms with E-state index in [1.165, 1.54) is 43.4 Å². The minimum absolute atomic E-state index is 0.0695. The number of piperidine rings is 1. The maximum absolute atomic E-state index is 13.4. The van der Waals surface area contributed by atoms with Gasteiger partial charge in [0.15, 0.2) is 5.82 Å². The van der Waals surface area contributed by atoms with Crippen LogP contribution in [0.5, 0.6) is 0 Å². The summed E-state index contributed by atoms with van der Waals surface area (Å²) < 4.78 is 6.07. The minimum Gasteiger partial charge on any atom is -0.481 e. The maximum Gasteiger partial charge on any atom is 0.310 e. The first-order valence-electron chi connectivity index (χ1n) is 19.9. The van der Waals surface area contributed by atoms with Crippen LogP contribution in [0.3, 0.4) is 0 Å². The standard InChI is InChI=1S/C42H58N6O5S/c1-5-6-7-29-14-18-47(28-53-21-17-29)34-15-19-46(20-16-34)35-24-43-39(44-25-35)31-10-8-30(9-11-31)22-33(23-38(49)48-26-32(27-48)41(51)52)45-40(50)36-12-13-37(54-36)42(2,3)4/h8-13,24-25,29,32-34H,5-7,14-23,26-28H2,1-4H3,(H,45,50)(H,51,52)/t29?,33-/m0/s1. The number of rotatable bonds is 13. The van der Waals surface area contributed by atoms with Crippen molar-refractivity contribution in [3.8, 4) is 11.4 Å². The number of amides is 2. The lowest BCUT2D eigenvalue weighted by molar-refractivity contribution is -0.152. The van der Waals surface area contributed by atoms with Gasteiger partial charge in [0.2, 0.25) is 5.91 Å². The third-order valence-electron chi connectivity index (χ3n) is 11.3. The average Bonchev–Trinajstić information content (AvgIpc) is 3.63. The van der Waals surface area contributed by atoms with Gasteiger partial charge in [0.05, 0.1) is 35.6 Å². The number of anilines is 1. The number of nitrogens with zero attached hydrogens (tertiary/aromatic N) is 5. The lowest BCUT2D eigenvalue weighted by Crippen LogP contribution is -2.54. The summed E-state index contributed by atoms with van der Waals surface area (Å²) in [6.07, 6.45) is 13.0. The molecule has 3 aliphatic rings. The van der Waals surface area contributed by atoms with Crippen LogP contribution in [0.4, 0.5) is 5.69 Å². The van der Waals surface area contributed by atoms with E-state index >= 15 is 0 Å². The Morgan fingerprint density at radius 2 is 1.70 bits per heavy atom. The summed E-state index contributed by atoms with van der Waals surface area (Å²) in [6, 6.07) is 11.9. The van der Waals surface area contributed by atoms with E-state index in [4.69, 9.17) is 14.7 Å². The first-order valence-corrected chi connectivity index (χ1v) is 20.7. The number of carbonyl (C=O) groups excluding carboxylic acids is 2. The van der Waals surface area contributed by atoms with E-state index < -0.39 is 17.9 Å². The van der Waals surface area contributed by atoms with Crippen LogP contribution in [-0.4, -0.2) is 101 Å². The zero-order valence-corrected chi connectivity index (χ0v) is 33.3. The van der Waals surface area contributed by atoms with Crippen LogP contribution >= 0.6 is 11.3 Å². The van der Waals surface area contributed by atoms with Crippen LogP contribution in [-0.2, 0) is 26.2 Å². The monoisotopic (exact) mass is 758 g/mol. The molecule has 2 atom stereocenters. The fraction of sp³-hybridized carbons (Fsp3) is 0.595. The molecule has 292 valence electrons. The summed E-state index contributed by atoms with van der Waals surface area (Å²) in [5, 5.41) is 12.4. The number of ether oxygens (including phenoxy) is 1. The molecule has 0 aliphatic carbocycles. The van der Waals surface area contributed by atoms with Crippen molar-refractivity contribution in [1.29, 1.82) is 0 Å². The van der Waals surface area contributed by atoms with Crippen LogP contribution in [0.2, 0.25) is 0 Å². The SMILES string of the molecule is CCCCC1CCOCN(C2CCN(c3cnc(-c4ccc(C[C@@H](CC(=O)N5CC(C(=O)O)C5)NC(=O)c5ccc(C(C)(C)C)s5)cc4)nc3)CC2)CC1. The van der Waals surface area contributed by atoms with E-state index in [2.05, 4.69) is 42.8 Å². The Balaban J connectivity index is 1.04. The molecule has 2 N–H and O–H groups in total. The first-order chi connectivity index (χ1) is 26.0. The summed E-state index contributed by atoms with van der Waals surface area (Å²) in [5.41, 5.74) is 2.83. The normalized spacial score (nSPS) is 19.8. The third kappa shape index (κ3) is 10.5. The lowest BCUT2D eigenvalue weighted by atomic mass is 9.94. The van der Waals surface area contributed by atoms with E-state index in [0.29, 0.717) is 23.2 Å². The van der Waals surface area contributed by atoms with Gasteiger partial charge in [0.25, 0.3) is 5.91 Å². The molecule has 3 fully saturated rings. The topological polar surface area (TPSA) is 128 Å². The van der Waals surface area contributed by atoms with Gasteiger partial charge in [-0.1, -0.05) is 71.2 Å². The first kappa shape index (κ1) is 39.8. The molecular weight excluding hydrogens is 701 g/mol. The fourth-order valence-electron chi connectivity index (χ4n) is 7.73.